The second kappa shape index (κ2) is 9.70. The molecule has 0 aliphatic carbocycles. The monoisotopic (exact) mass is 521 g/mol. The smallest absolute Gasteiger partial charge is 0.416 e. The highest BCUT2D eigenvalue weighted by atomic mass is 32.1. The van der Waals surface area contributed by atoms with E-state index >= 15 is 0 Å². The lowest BCUT2D eigenvalue weighted by Crippen LogP contribution is -2.12. The first-order chi connectivity index (χ1) is 17.0. The van der Waals surface area contributed by atoms with Crippen LogP contribution < -0.4 is 21.3 Å². The number of rotatable bonds is 7. The third-order valence-electron chi connectivity index (χ3n) is 4.83. The summed E-state index contributed by atoms with van der Waals surface area (Å²) < 4.78 is 67.6. The lowest BCUT2D eigenvalue weighted by Gasteiger charge is -2.15. The molecule has 7 nitrogen and oxygen atoms in total. The molecule has 13 heteroatoms. The normalized spacial score (nSPS) is 11.2. The minimum atomic E-state index is -4.52. The molecular formula is C23H14F5N4O3S-. The van der Waals surface area contributed by atoms with Gasteiger partial charge in [0, 0.05) is 22.7 Å². The molecule has 0 unspecified atom stereocenters. The Kier molecular flexibility index (Phi) is 6.66. The predicted octanol–water partition coefficient (Wildman–Crippen LogP) is 6.06. The largest absolute Gasteiger partial charge is 0.872 e. The van der Waals surface area contributed by atoms with Crippen LogP contribution in [0.4, 0.5) is 44.1 Å². The zero-order chi connectivity index (χ0) is 26.0. The number of hydrazine groups is 1. The van der Waals surface area contributed by atoms with Gasteiger partial charge in [-0.1, -0.05) is 17.9 Å². The Morgan fingerprint density at radius 1 is 0.972 bits per heavy atom. The van der Waals surface area contributed by atoms with Crippen molar-refractivity contribution in [2.24, 2.45) is 0 Å². The van der Waals surface area contributed by atoms with E-state index in [4.69, 9.17) is 5.11 Å². The number of nitrogens with one attached hydrogen (secondary N) is 3. The van der Waals surface area contributed by atoms with Gasteiger partial charge in [-0.2, -0.15) is 13.2 Å². The maximum Gasteiger partial charge on any atom is 0.416 e. The number of alkyl halides is 3. The van der Waals surface area contributed by atoms with Gasteiger partial charge in [-0.15, -0.1) is 11.3 Å². The van der Waals surface area contributed by atoms with E-state index < -0.39 is 40.7 Å². The Hall–Kier alpha value is -4.39. The van der Waals surface area contributed by atoms with Crippen LogP contribution in [0.3, 0.4) is 0 Å². The lowest BCUT2D eigenvalue weighted by atomic mass is 10.1. The number of anilines is 4. The molecule has 0 aliphatic heterocycles. The van der Waals surface area contributed by atoms with Crippen LogP contribution in [0.2, 0.25) is 0 Å². The number of halogens is 5. The molecule has 0 saturated carbocycles. The summed E-state index contributed by atoms with van der Waals surface area (Å²) in [5.74, 6) is -4.05. The molecule has 4 rings (SSSR count). The summed E-state index contributed by atoms with van der Waals surface area (Å²) in [6.45, 7) is 0. The van der Waals surface area contributed by atoms with Crippen LogP contribution >= 0.6 is 11.3 Å². The average molecular weight is 521 g/mol. The van der Waals surface area contributed by atoms with E-state index in [2.05, 4.69) is 21.2 Å². The molecule has 0 aliphatic rings. The maximum atomic E-state index is 14.5. The first kappa shape index (κ1) is 24.7. The molecule has 4 aromatic rings. The molecule has 36 heavy (non-hydrogen) atoms. The number of carboxylic acid groups (broad SMARTS) is 1. The molecule has 0 atom stereocenters. The van der Waals surface area contributed by atoms with Crippen LogP contribution in [0.15, 0.2) is 60.0 Å². The third-order valence-corrected chi connectivity index (χ3v) is 5.59. The van der Waals surface area contributed by atoms with Crippen LogP contribution in [0.25, 0.3) is 11.3 Å². The summed E-state index contributed by atoms with van der Waals surface area (Å²) >= 11 is 1.00. The number of carbonyl (C=O) groups is 1. The number of benzene rings is 3. The van der Waals surface area contributed by atoms with Crippen molar-refractivity contribution >= 4 is 39.5 Å². The number of carboxylic acids is 1. The Balaban J connectivity index is 1.54. The van der Waals surface area contributed by atoms with E-state index in [0.717, 1.165) is 41.7 Å². The minimum Gasteiger partial charge on any atom is -0.872 e. The second-order valence-corrected chi connectivity index (χ2v) is 8.18. The van der Waals surface area contributed by atoms with E-state index in [1.807, 2.05) is 0 Å². The van der Waals surface area contributed by atoms with Crippen molar-refractivity contribution in [3.8, 4) is 17.0 Å². The molecule has 3 aromatic carbocycles. The molecule has 1 heterocycles. The number of nitrogens with zero attached hydrogens (tertiary/aromatic N) is 1. The van der Waals surface area contributed by atoms with Gasteiger partial charge in [0.05, 0.1) is 28.2 Å². The average Bonchev–Trinajstić information content (AvgIpc) is 3.27. The number of hydrogen-bond acceptors (Lipinski definition) is 7. The van der Waals surface area contributed by atoms with Crippen LogP contribution in [0.1, 0.15) is 15.9 Å². The highest BCUT2D eigenvalue weighted by Gasteiger charge is 2.30. The van der Waals surface area contributed by atoms with Crippen LogP contribution in [-0.2, 0) is 6.18 Å². The van der Waals surface area contributed by atoms with Crippen molar-refractivity contribution in [1.29, 1.82) is 0 Å². The van der Waals surface area contributed by atoms with Gasteiger partial charge < -0.3 is 21.0 Å². The SMILES string of the molecule is O=C(O)c1cc(NNc2cc(-c3csc(Nc4cccc(C(F)(F)F)c4)n3)c(F)cc2F)ccc1[O-]. The zero-order valence-corrected chi connectivity index (χ0v) is 18.6. The third kappa shape index (κ3) is 5.46. The van der Waals surface area contributed by atoms with Crippen molar-refractivity contribution < 1.29 is 37.0 Å². The fourth-order valence-corrected chi connectivity index (χ4v) is 3.84. The van der Waals surface area contributed by atoms with Gasteiger partial charge in [0.2, 0.25) is 0 Å². The predicted molar refractivity (Wildman–Crippen MR) is 122 cm³/mol. The van der Waals surface area contributed by atoms with Crippen molar-refractivity contribution in [2.45, 2.75) is 6.18 Å². The zero-order valence-electron chi connectivity index (χ0n) is 17.8. The summed E-state index contributed by atoms with van der Waals surface area (Å²) in [5, 5.41) is 25.0. The van der Waals surface area contributed by atoms with E-state index in [1.165, 1.54) is 23.6 Å². The maximum absolute atomic E-state index is 14.5. The Labute approximate surface area is 203 Å². The highest BCUT2D eigenvalue weighted by molar-refractivity contribution is 7.14. The van der Waals surface area contributed by atoms with E-state index in [1.54, 1.807) is 0 Å². The Bertz CT molecular complexity index is 1440. The molecule has 0 spiro atoms. The molecule has 0 bridgehead atoms. The number of aromatic carboxylic acids is 1. The molecule has 0 fully saturated rings. The molecule has 1 aromatic heterocycles. The van der Waals surface area contributed by atoms with Crippen LogP contribution in [0, 0.1) is 11.6 Å². The molecule has 186 valence electrons. The topological polar surface area (TPSA) is 109 Å². The van der Waals surface area contributed by atoms with Gasteiger partial charge in [0.15, 0.2) is 10.9 Å². The molecule has 0 saturated heterocycles. The molecule has 0 radical (unpaired) electrons. The first-order valence-electron chi connectivity index (χ1n) is 9.97. The van der Waals surface area contributed by atoms with Crippen LogP contribution in [0.5, 0.6) is 5.75 Å². The van der Waals surface area contributed by atoms with Gasteiger partial charge in [-0.3, -0.25) is 5.43 Å². The van der Waals surface area contributed by atoms with Gasteiger partial charge in [0.25, 0.3) is 0 Å². The van der Waals surface area contributed by atoms with E-state index in [9.17, 15) is 31.9 Å². The standard InChI is InChI=1S/C23H15F5N4O3S/c24-16-9-17(25)18(32-31-13-4-5-20(33)15(7-13)21(34)35)8-14(16)19-10-36-22(30-19)29-12-3-1-2-11(6-12)23(26,27)28/h1-10,31-33H,(H,29,30)(H,34,35)/p-1. The molecule has 4 N–H and O–H groups in total. The molecular weight excluding hydrogens is 507 g/mol. The Morgan fingerprint density at radius 3 is 2.47 bits per heavy atom. The summed E-state index contributed by atoms with van der Waals surface area (Å²) in [6, 6.07) is 9.54. The fourth-order valence-electron chi connectivity index (χ4n) is 3.11. The number of thiazole rings is 1. The van der Waals surface area contributed by atoms with Gasteiger partial charge >= 0.3 is 12.1 Å². The summed E-state index contributed by atoms with van der Waals surface area (Å²) in [7, 11) is 0. The highest BCUT2D eigenvalue weighted by Crippen LogP contribution is 2.34. The summed E-state index contributed by atoms with van der Waals surface area (Å²) in [5.41, 5.74) is 3.73. The summed E-state index contributed by atoms with van der Waals surface area (Å²) in [4.78, 5) is 15.3. The van der Waals surface area contributed by atoms with Gasteiger partial charge in [-0.05, 0) is 36.4 Å². The lowest BCUT2D eigenvalue weighted by molar-refractivity contribution is -0.268. The first-order valence-corrected chi connectivity index (χ1v) is 10.8. The minimum absolute atomic E-state index is 0.0962. The van der Waals surface area contributed by atoms with E-state index in [0.29, 0.717) is 6.07 Å². The second-order valence-electron chi connectivity index (χ2n) is 7.32. The quantitative estimate of drug-likeness (QED) is 0.173. The van der Waals surface area contributed by atoms with Crippen molar-refractivity contribution in [1.82, 2.24) is 4.98 Å². The molecule has 0 amide bonds. The van der Waals surface area contributed by atoms with E-state index in [-0.39, 0.29) is 33.5 Å². The number of aromatic nitrogens is 1. The fraction of sp³-hybridized carbons (Fsp3) is 0.0435. The number of hydrogen-bond donors (Lipinski definition) is 4. The van der Waals surface area contributed by atoms with Crippen molar-refractivity contribution in [2.75, 3.05) is 16.2 Å². The Morgan fingerprint density at radius 2 is 1.75 bits per heavy atom. The van der Waals surface area contributed by atoms with Crippen molar-refractivity contribution in [3.63, 3.8) is 0 Å². The van der Waals surface area contributed by atoms with Crippen molar-refractivity contribution in [3.05, 3.63) is 82.7 Å². The van der Waals surface area contributed by atoms with Crippen LogP contribution in [-0.4, -0.2) is 16.1 Å². The van der Waals surface area contributed by atoms with Gasteiger partial charge in [-0.25, -0.2) is 18.6 Å². The van der Waals surface area contributed by atoms with Gasteiger partial charge in [0.1, 0.15) is 5.82 Å². The summed E-state index contributed by atoms with van der Waals surface area (Å²) in [6.07, 6.45) is -4.52.